The van der Waals surface area contributed by atoms with Gasteiger partial charge < -0.3 is 4.90 Å². The number of aryl methyl sites for hydroxylation is 1. The second kappa shape index (κ2) is 5.61. The van der Waals surface area contributed by atoms with Crippen LogP contribution in [0.2, 0.25) is 0 Å². The number of halogens is 1. The first kappa shape index (κ1) is 14.1. The standard InChI is InChI=1S/C17H18FN5/c1-12-5-6-13(9-14(12)18)23-10-15-16(21-23)17(20-11-19-15)22-7-3-2-4-8-22/h5-6,9-11H,2-4,7-8H2,1H3. The third-order valence-corrected chi connectivity index (χ3v) is 4.36. The molecule has 0 spiro atoms. The van der Waals surface area contributed by atoms with E-state index in [1.807, 2.05) is 12.3 Å². The van der Waals surface area contributed by atoms with Gasteiger partial charge in [0.05, 0.1) is 11.9 Å². The summed E-state index contributed by atoms with van der Waals surface area (Å²) in [6.45, 7) is 3.74. The Bertz CT molecular complexity index is 851. The number of hydrogen-bond donors (Lipinski definition) is 0. The van der Waals surface area contributed by atoms with E-state index < -0.39 is 0 Å². The molecular formula is C17H18FN5. The minimum atomic E-state index is -0.232. The van der Waals surface area contributed by atoms with Crippen molar-refractivity contribution in [3.05, 3.63) is 42.1 Å². The molecule has 0 radical (unpaired) electrons. The summed E-state index contributed by atoms with van der Waals surface area (Å²) in [4.78, 5) is 11.0. The van der Waals surface area contributed by atoms with Gasteiger partial charge in [-0.2, -0.15) is 5.10 Å². The highest BCUT2D eigenvalue weighted by Crippen LogP contribution is 2.25. The van der Waals surface area contributed by atoms with Crippen molar-refractivity contribution in [2.45, 2.75) is 26.2 Å². The number of rotatable bonds is 2. The number of nitrogens with zero attached hydrogens (tertiary/aromatic N) is 5. The summed E-state index contributed by atoms with van der Waals surface area (Å²) in [6, 6.07) is 5.11. The minimum absolute atomic E-state index is 0.232. The van der Waals surface area contributed by atoms with Crippen molar-refractivity contribution < 1.29 is 4.39 Å². The lowest BCUT2D eigenvalue weighted by atomic mass is 10.1. The number of hydrogen-bond acceptors (Lipinski definition) is 4. The topological polar surface area (TPSA) is 46.8 Å². The Hall–Kier alpha value is -2.50. The quantitative estimate of drug-likeness (QED) is 0.729. The molecule has 6 heteroatoms. The highest BCUT2D eigenvalue weighted by molar-refractivity contribution is 5.85. The molecule has 1 saturated heterocycles. The van der Waals surface area contributed by atoms with Crippen LogP contribution >= 0.6 is 0 Å². The fourth-order valence-electron chi connectivity index (χ4n) is 3.02. The lowest BCUT2D eigenvalue weighted by Gasteiger charge is -2.27. The van der Waals surface area contributed by atoms with Crippen LogP contribution in [-0.4, -0.2) is 32.8 Å². The second-order valence-electron chi connectivity index (χ2n) is 5.99. The smallest absolute Gasteiger partial charge is 0.160 e. The molecule has 0 bridgehead atoms. The largest absolute Gasteiger partial charge is 0.355 e. The minimum Gasteiger partial charge on any atom is -0.355 e. The number of fused-ring (bicyclic) bond motifs is 1. The van der Waals surface area contributed by atoms with Gasteiger partial charge in [0, 0.05) is 13.1 Å². The van der Waals surface area contributed by atoms with E-state index in [1.165, 1.54) is 25.3 Å². The zero-order chi connectivity index (χ0) is 15.8. The van der Waals surface area contributed by atoms with Crippen LogP contribution in [0.4, 0.5) is 10.2 Å². The Morgan fingerprint density at radius 1 is 1.09 bits per heavy atom. The normalized spacial score (nSPS) is 15.3. The number of piperidine rings is 1. The molecule has 4 rings (SSSR count). The molecule has 118 valence electrons. The Labute approximate surface area is 133 Å². The first-order valence-corrected chi connectivity index (χ1v) is 7.94. The van der Waals surface area contributed by atoms with Crippen molar-refractivity contribution in [3.63, 3.8) is 0 Å². The summed E-state index contributed by atoms with van der Waals surface area (Å²) in [5, 5.41) is 4.61. The van der Waals surface area contributed by atoms with Gasteiger partial charge in [-0.25, -0.2) is 19.0 Å². The summed E-state index contributed by atoms with van der Waals surface area (Å²) in [5.41, 5.74) is 2.87. The maximum Gasteiger partial charge on any atom is 0.160 e. The van der Waals surface area contributed by atoms with E-state index in [0.717, 1.165) is 29.9 Å². The van der Waals surface area contributed by atoms with Crippen molar-refractivity contribution in [1.82, 2.24) is 19.7 Å². The third-order valence-electron chi connectivity index (χ3n) is 4.36. The van der Waals surface area contributed by atoms with Crippen molar-refractivity contribution in [2.24, 2.45) is 0 Å². The molecular weight excluding hydrogens is 293 g/mol. The first-order valence-electron chi connectivity index (χ1n) is 7.94. The van der Waals surface area contributed by atoms with Crippen molar-refractivity contribution in [3.8, 4) is 5.69 Å². The van der Waals surface area contributed by atoms with Gasteiger partial charge in [0.1, 0.15) is 17.7 Å². The molecule has 3 heterocycles. The fraction of sp³-hybridized carbons (Fsp3) is 0.353. The van der Waals surface area contributed by atoms with E-state index in [1.54, 1.807) is 24.0 Å². The zero-order valence-electron chi connectivity index (χ0n) is 13.0. The summed E-state index contributed by atoms with van der Waals surface area (Å²) >= 11 is 0. The van der Waals surface area contributed by atoms with Crippen molar-refractivity contribution in [1.29, 1.82) is 0 Å². The molecule has 0 saturated carbocycles. The molecule has 23 heavy (non-hydrogen) atoms. The third kappa shape index (κ3) is 2.54. The highest BCUT2D eigenvalue weighted by atomic mass is 19.1. The maximum atomic E-state index is 13.8. The second-order valence-corrected chi connectivity index (χ2v) is 5.99. The Balaban J connectivity index is 1.79. The van der Waals surface area contributed by atoms with E-state index in [0.29, 0.717) is 11.3 Å². The van der Waals surface area contributed by atoms with Gasteiger partial charge >= 0.3 is 0 Å². The summed E-state index contributed by atoms with van der Waals surface area (Å²) in [5.74, 6) is 0.644. The number of aromatic nitrogens is 4. The van der Waals surface area contributed by atoms with Gasteiger partial charge in [-0.1, -0.05) is 6.07 Å². The first-order chi connectivity index (χ1) is 11.2. The van der Waals surface area contributed by atoms with E-state index in [4.69, 9.17) is 0 Å². The summed E-state index contributed by atoms with van der Waals surface area (Å²) in [7, 11) is 0. The molecule has 5 nitrogen and oxygen atoms in total. The van der Waals surface area contributed by atoms with E-state index in [2.05, 4.69) is 20.0 Å². The molecule has 0 amide bonds. The van der Waals surface area contributed by atoms with E-state index in [-0.39, 0.29) is 5.82 Å². The molecule has 1 aliphatic heterocycles. The van der Waals surface area contributed by atoms with Crippen molar-refractivity contribution >= 4 is 16.9 Å². The molecule has 1 aliphatic rings. The van der Waals surface area contributed by atoms with Crippen LogP contribution < -0.4 is 4.90 Å². The predicted molar refractivity (Wildman–Crippen MR) is 87.4 cm³/mol. The molecule has 2 aromatic heterocycles. The van der Waals surface area contributed by atoms with Gasteiger partial charge in [-0.15, -0.1) is 0 Å². The van der Waals surface area contributed by atoms with Crippen LogP contribution in [0.5, 0.6) is 0 Å². The van der Waals surface area contributed by atoms with Gasteiger partial charge in [-0.3, -0.25) is 0 Å². The lowest BCUT2D eigenvalue weighted by molar-refractivity contribution is 0.574. The zero-order valence-corrected chi connectivity index (χ0v) is 13.0. The summed E-state index contributed by atoms with van der Waals surface area (Å²) < 4.78 is 15.5. The Kier molecular flexibility index (Phi) is 3.44. The molecule has 0 unspecified atom stereocenters. The van der Waals surface area contributed by atoms with Gasteiger partial charge in [-0.05, 0) is 43.9 Å². The molecule has 1 aromatic carbocycles. The summed E-state index contributed by atoms with van der Waals surface area (Å²) in [6.07, 6.45) is 7.02. The van der Waals surface area contributed by atoms with E-state index in [9.17, 15) is 4.39 Å². The Morgan fingerprint density at radius 2 is 1.91 bits per heavy atom. The molecule has 1 fully saturated rings. The molecule has 0 aliphatic carbocycles. The van der Waals surface area contributed by atoms with Crippen LogP contribution in [0, 0.1) is 12.7 Å². The number of benzene rings is 1. The monoisotopic (exact) mass is 311 g/mol. The maximum absolute atomic E-state index is 13.8. The molecule has 3 aromatic rings. The van der Waals surface area contributed by atoms with Crippen LogP contribution in [0.3, 0.4) is 0 Å². The van der Waals surface area contributed by atoms with Crippen LogP contribution in [0.1, 0.15) is 24.8 Å². The van der Waals surface area contributed by atoms with Crippen LogP contribution in [0.15, 0.2) is 30.7 Å². The number of anilines is 1. The molecule has 0 N–H and O–H groups in total. The van der Waals surface area contributed by atoms with E-state index >= 15 is 0 Å². The average Bonchev–Trinajstić information content (AvgIpc) is 3.02. The van der Waals surface area contributed by atoms with Crippen LogP contribution in [0.25, 0.3) is 16.7 Å². The average molecular weight is 311 g/mol. The predicted octanol–water partition coefficient (Wildman–Crippen LogP) is 3.25. The van der Waals surface area contributed by atoms with Gasteiger partial charge in [0.2, 0.25) is 0 Å². The van der Waals surface area contributed by atoms with Crippen molar-refractivity contribution in [2.75, 3.05) is 18.0 Å². The Morgan fingerprint density at radius 3 is 2.70 bits per heavy atom. The van der Waals surface area contributed by atoms with Gasteiger partial charge in [0.25, 0.3) is 0 Å². The SMILES string of the molecule is Cc1ccc(-n2cc3ncnc(N4CCCCC4)c3n2)cc1F. The highest BCUT2D eigenvalue weighted by Gasteiger charge is 2.18. The fourth-order valence-corrected chi connectivity index (χ4v) is 3.02. The molecule has 0 atom stereocenters. The van der Waals surface area contributed by atoms with Gasteiger partial charge in [0.15, 0.2) is 11.3 Å². The van der Waals surface area contributed by atoms with Crippen LogP contribution in [-0.2, 0) is 0 Å². The lowest BCUT2D eigenvalue weighted by Crippen LogP contribution is -2.30.